The van der Waals surface area contributed by atoms with Gasteiger partial charge in [0.2, 0.25) is 5.88 Å². The number of aromatic nitrogens is 2. The van der Waals surface area contributed by atoms with Gasteiger partial charge in [-0.2, -0.15) is 13.2 Å². The van der Waals surface area contributed by atoms with Crippen molar-refractivity contribution in [2.24, 2.45) is 0 Å². The first-order valence-electron chi connectivity index (χ1n) is 9.28. The first-order chi connectivity index (χ1) is 13.8. The standard InChI is InChI=1S/C20H20ClF3N4O/c1-11(13-7-16(21)19(27-8-13)29-10-20(22,23)24)28-9-15-14(17(28)12-3-4-12)5-6-26-18(15)25-2/h5-8,11H,3-4,9-10H2,1-2H3,(H,25,26). The second kappa shape index (κ2) is 7.40. The van der Waals surface area contributed by atoms with E-state index in [0.717, 1.165) is 29.8 Å². The van der Waals surface area contributed by atoms with Gasteiger partial charge in [0.25, 0.3) is 0 Å². The zero-order valence-corrected chi connectivity index (χ0v) is 16.7. The van der Waals surface area contributed by atoms with Gasteiger partial charge < -0.3 is 15.0 Å². The van der Waals surface area contributed by atoms with Crippen LogP contribution in [-0.4, -0.2) is 34.7 Å². The molecule has 0 aromatic carbocycles. The molecular weight excluding hydrogens is 405 g/mol. The van der Waals surface area contributed by atoms with Gasteiger partial charge in [0.1, 0.15) is 10.8 Å². The van der Waals surface area contributed by atoms with Crippen LogP contribution >= 0.6 is 11.6 Å². The first kappa shape index (κ1) is 19.8. The lowest BCUT2D eigenvalue weighted by Crippen LogP contribution is -2.21. The normalized spacial score (nSPS) is 16.7. The minimum atomic E-state index is -4.44. The molecule has 9 heteroatoms. The summed E-state index contributed by atoms with van der Waals surface area (Å²) in [7, 11) is 1.85. The molecular formula is C20H20ClF3N4O. The Balaban J connectivity index is 1.61. The fraction of sp³-hybridized carbons (Fsp3) is 0.400. The van der Waals surface area contributed by atoms with Gasteiger partial charge in [-0.3, -0.25) is 0 Å². The van der Waals surface area contributed by atoms with E-state index in [1.807, 2.05) is 20.0 Å². The zero-order valence-electron chi connectivity index (χ0n) is 16.0. The molecule has 3 heterocycles. The predicted octanol–water partition coefficient (Wildman–Crippen LogP) is 5.19. The van der Waals surface area contributed by atoms with E-state index < -0.39 is 12.8 Å². The molecule has 0 bridgehead atoms. The minimum Gasteiger partial charge on any atom is -0.467 e. The molecule has 4 rings (SSSR count). The Kier molecular flexibility index (Phi) is 5.06. The lowest BCUT2D eigenvalue weighted by Gasteiger charge is -2.28. The number of nitrogens with zero attached hydrogens (tertiary/aromatic N) is 3. The van der Waals surface area contributed by atoms with Crippen molar-refractivity contribution in [3.05, 3.63) is 51.8 Å². The number of fused-ring (bicyclic) bond motifs is 1. The maximum absolute atomic E-state index is 12.4. The van der Waals surface area contributed by atoms with Crippen molar-refractivity contribution in [3.8, 4) is 5.88 Å². The number of rotatable bonds is 5. The van der Waals surface area contributed by atoms with E-state index >= 15 is 0 Å². The molecule has 2 aromatic heterocycles. The SMILES string of the molecule is CNc1nccc2c1CN(C(C)c1cnc(OCC(F)(F)F)c(Cl)c1)C2=C1CC1. The number of anilines is 1. The monoisotopic (exact) mass is 424 g/mol. The van der Waals surface area contributed by atoms with E-state index in [1.165, 1.54) is 23.0 Å². The molecule has 0 spiro atoms. The molecule has 154 valence electrons. The molecule has 0 radical (unpaired) electrons. The molecule has 1 aliphatic carbocycles. The molecule has 0 saturated heterocycles. The summed E-state index contributed by atoms with van der Waals surface area (Å²) in [6.45, 7) is 1.29. The number of hydrogen-bond donors (Lipinski definition) is 1. The van der Waals surface area contributed by atoms with Crippen molar-refractivity contribution in [2.75, 3.05) is 19.0 Å². The second-order valence-corrected chi connectivity index (χ2v) is 7.56. The summed E-state index contributed by atoms with van der Waals surface area (Å²) in [5.41, 5.74) is 5.72. The molecule has 2 aromatic rings. The number of nitrogens with one attached hydrogen (secondary N) is 1. The van der Waals surface area contributed by atoms with Crippen molar-refractivity contribution in [1.29, 1.82) is 0 Å². The van der Waals surface area contributed by atoms with Gasteiger partial charge in [-0.15, -0.1) is 0 Å². The summed E-state index contributed by atoms with van der Waals surface area (Å²) >= 11 is 6.15. The summed E-state index contributed by atoms with van der Waals surface area (Å²) < 4.78 is 41.9. The van der Waals surface area contributed by atoms with Crippen LogP contribution in [0.5, 0.6) is 5.88 Å². The molecule has 1 atom stereocenters. The highest BCUT2D eigenvalue weighted by Crippen LogP contribution is 2.48. The Bertz CT molecular complexity index is 971. The largest absolute Gasteiger partial charge is 0.467 e. The van der Waals surface area contributed by atoms with Crippen LogP contribution in [0.1, 0.15) is 42.5 Å². The Hall–Kier alpha value is -2.48. The van der Waals surface area contributed by atoms with Crippen LogP contribution in [0.3, 0.4) is 0 Å². The third kappa shape index (κ3) is 3.99. The number of hydrogen-bond acceptors (Lipinski definition) is 5. The highest BCUT2D eigenvalue weighted by atomic mass is 35.5. The van der Waals surface area contributed by atoms with Crippen LogP contribution < -0.4 is 10.1 Å². The van der Waals surface area contributed by atoms with Gasteiger partial charge in [0.05, 0.1) is 6.04 Å². The molecule has 5 nitrogen and oxygen atoms in total. The summed E-state index contributed by atoms with van der Waals surface area (Å²) in [5, 5.41) is 3.21. The van der Waals surface area contributed by atoms with Crippen molar-refractivity contribution in [3.63, 3.8) is 0 Å². The highest BCUT2D eigenvalue weighted by molar-refractivity contribution is 6.31. The van der Waals surface area contributed by atoms with E-state index in [2.05, 4.69) is 20.2 Å². The molecule has 1 N–H and O–H groups in total. The summed E-state index contributed by atoms with van der Waals surface area (Å²) in [5.74, 6) is 0.634. The average Bonchev–Trinajstić information content (AvgIpc) is 3.44. The molecule has 1 fully saturated rings. The van der Waals surface area contributed by atoms with Gasteiger partial charge in [0.15, 0.2) is 6.61 Å². The second-order valence-electron chi connectivity index (χ2n) is 7.15. The zero-order chi connectivity index (χ0) is 20.8. The number of alkyl halides is 3. The van der Waals surface area contributed by atoms with E-state index in [1.54, 1.807) is 12.3 Å². The molecule has 1 aliphatic heterocycles. The van der Waals surface area contributed by atoms with Crippen LogP contribution in [0.25, 0.3) is 5.70 Å². The third-order valence-corrected chi connectivity index (χ3v) is 5.42. The fourth-order valence-electron chi connectivity index (χ4n) is 3.62. The van der Waals surface area contributed by atoms with Gasteiger partial charge in [-0.25, -0.2) is 9.97 Å². The van der Waals surface area contributed by atoms with Crippen LogP contribution in [0.4, 0.5) is 19.0 Å². The smallest absolute Gasteiger partial charge is 0.422 e. The Morgan fingerprint density at radius 1 is 1.31 bits per heavy atom. The van der Waals surface area contributed by atoms with Crippen molar-refractivity contribution < 1.29 is 17.9 Å². The molecule has 1 unspecified atom stereocenters. The predicted molar refractivity (Wildman–Crippen MR) is 105 cm³/mol. The summed E-state index contributed by atoms with van der Waals surface area (Å²) in [4.78, 5) is 10.7. The lowest BCUT2D eigenvalue weighted by atomic mass is 10.1. The van der Waals surface area contributed by atoms with Gasteiger partial charge in [0, 0.05) is 42.8 Å². The van der Waals surface area contributed by atoms with Gasteiger partial charge in [-0.05, 0) is 43.0 Å². The molecule has 0 amide bonds. The van der Waals surface area contributed by atoms with E-state index in [4.69, 9.17) is 16.3 Å². The molecule has 1 saturated carbocycles. The number of ether oxygens (including phenoxy) is 1. The number of pyridine rings is 2. The Morgan fingerprint density at radius 3 is 2.69 bits per heavy atom. The number of allylic oxidation sites excluding steroid dienone is 1. The first-order valence-corrected chi connectivity index (χ1v) is 9.66. The Morgan fingerprint density at radius 2 is 2.07 bits per heavy atom. The summed E-state index contributed by atoms with van der Waals surface area (Å²) in [6.07, 6.45) is 1.02. The van der Waals surface area contributed by atoms with Crippen molar-refractivity contribution >= 4 is 23.1 Å². The highest BCUT2D eigenvalue weighted by Gasteiger charge is 2.35. The number of halogens is 4. The summed E-state index contributed by atoms with van der Waals surface area (Å²) in [6, 6.07) is 3.58. The van der Waals surface area contributed by atoms with E-state index in [-0.39, 0.29) is 16.9 Å². The topological polar surface area (TPSA) is 50.3 Å². The van der Waals surface area contributed by atoms with Crippen LogP contribution in [0.2, 0.25) is 5.02 Å². The van der Waals surface area contributed by atoms with Crippen LogP contribution in [-0.2, 0) is 6.54 Å². The minimum absolute atomic E-state index is 0.0634. The van der Waals surface area contributed by atoms with Gasteiger partial charge in [-0.1, -0.05) is 11.6 Å². The fourth-order valence-corrected chi connectivity index (χ4v) is 3.85. The quantitative estimate of drug-likeness (QED) is 0.715. The average molecular weight is 425 g/mol. The van der Waals surface area contributed by atoms with E-state index in [9.17, 15) is 13.2 Å². The molecule has 29 heavy (non-hydrogen) atoms. The van der Waals surface area contributed by atoms with Gasteiger partial charge >= 0.3 is 6.18 Å². The van der Waals surface area contributed by atoms with Crippen LogP contribution in [0.15, 0.2) is 30.1 Å². The van der Waals surface area contributed by atoms with Crippen molar-refractivity contribution in [2.45, 2.75) is 38.5 Å². The van der Waals surface area contributed by atoms with E-state index in [0.29, 0.717) is 6.54 Å². The van der Waals surface area contributed by atoms with Crippen LogP contribution in [0, 0.1) is 0 Å². The third-order valence-electron chi connectivity index (χ3n) is 5.15. The Labute approximate surface area is 171 Å². The maximum atomic E-state index is 12.4. The lowest BCUT2D eigenvalue weighted by molar-refractivity contribution is -0.154. The maximum Gasteiger partial charge on any atom is 0.422 e. The molecule has 2 aliphatic rings. The van der Waals surface area contributed by atoms with Crippen molar-refractivity contribution in [1.82, 2.24) is 14.9 Å².